The zero-order valence-electron chi connectivity index (χ0n) is 15.3. The van der Waals surface area contributed by atoms with E-state index in [1.54, 1.807) is 17.1 Å². The Kier molecular flexibility index (Phi) is 5.62. The summed E-state index contributed by atoms with van der Waals surface area (Å²) in [5, 5.41) is 10.8. The summed E-state index contributed by atoms with van der Waals surface area (Å²) in [5.41, 5.74) is 1.14. The number of benzene rings is 1. The highest BCUT2D eigenvalue weighted by atomic mass is 16.5. The summed E-state index contributed by atoms with van der Waals surface area (Å²) in [5.74, 6) is 1.37. The summed E-state index contributed by atoms with van der Waals surface area (Å²) in [6, 6.07) is 9.01. The second kappa shape index (κ2) is 8.66. The van der Waals surface area contributed by atoms with Crippen molar-refractivity contribution < 1.29 is 18.8 Å². The molecular weight excluding hydrogens is 362 g/mol. The van der Waals surface area contributed by atoms with Gasteiger partial charge >= 0.3 is 0 Å². The number of hydrogen-bond acceptors (Lipinski definition) is 7. The van der Waals surface area contributed by atoms with E-state index in [1.807, 2.05) is 24.3 Å². The molecule has 1 N–H and O–H groups in total. The van der Waals surface area contributed by atoms with Crippen LogP contribution in [0.2, 0.25) is 0 Å². The molecular formula is C19H21N5O4. The Morgan fingerprint density at radius 1 is 1.25 bits per heavy atom. The van der Waals surface area contributed by atoms with Gasteiger partial charge in [-0.3, -0.25) is 4.79 Å². The van der Waals surface area contributed by atoms with Crippen LogP contribution in [0.4, 0.5) is 0 Å². The van der Waals surface area contributed by atoms with Crippen molar-refractivity contribution in [1.29, 1.82) is 0 Å². The molecule has 1 aliphatic rings. The lowest BCUT2D eigenvalue weighted by Crippen LogP contribution is -2.32. The molecule has 0 atom stereocenters. The molecule has 0 bridgehead atoms. The fourth-order valence-corrected chi connectivity index (χ4v) is 2.96. The van der Waals surface area contributed by atoms with Crippen molar-refractivity contribution in [3.8, 4) is 11.4 Å². The molecule has 0 saturated carbocycles. The predicted octanol–water partition coefficient (Wildman–Crippen LogP) is 1.99. The standard InChI is InChI=1S/C19H21N5O4/c25-19(21-10-14-5-7-26-8-6-14)18-9-17(28-23-18)11-27-16-3-1-15(2-4-16)24-13-20-12-22-24/h1-4,9,12-14H,5-8,10-11H2,(H,21,25). The van der Waals surface area contributed by atoms with Gasteiger partial charge in [-0.25, -0.2) is 9.67 Å². The SMILES string of the molecule is O=C(NCC1CCOCC1)c1cc(COc2ccc(-n3cncn3)cc2)on1. The van der Waals surface area contributed by atoms with Gasteiger partial charge in [0.2, 0.25) is 0 Å². The lowest BCUT2D eigenvalue weighted by molar-refractivity contribution is 0.0641. The van der Waals surface area contributed by atoms with E-state index < -0.39 is 0 Å². The number of ether oxygens (including phenoxy) is 2. The van der Waals surface area contributed by atoms with Crippen LogP contribution >= 0.6 is 0 Å². The highest BCUT2D eigenvalue weighted by Gasteiger charge is 2.17. The van der Waals surface area contributed by atoms with Gasteiger partial charge < -0.3 is 19.3 Å². The Hall–Kier alpha value is -3.20. The molecule has 1 aromatic carbocycles. The van der Waals surface area contributed by atoms with E-state index >= 15 is 0 Å². The van der Waals surface area contributed by atoms with E-state index in [2.05, 4.69) is 20.6 Å². The highest BCUT2D eigenvalue weighted by molar-refractivity contribution is 5.92. The van der Waals surface area contributed by atoms with Crippen molar-refractivity contribution in [2.45, 2.75) is 19.4 Å². The predicted molar refractivity (Wildman–Crippen MR) is 98.1 cm³/mol. The molecule has 3 aromatic rings. The molecule has 1 aliphatic heterocycles. The maximum absolute atomic E-state index is 12.2. The average molecular weight is 383 g/mol. The van der Waals surface area contributed by atoms with Crippen molar-refractivity contribution in [3.63, 3.8) is 0 Å². The lowest BCUT2D eigenvalue weighted by atomic mass is 10.0. The second-order valence-corrected chi connectivity index (χ2v) is 6.57. The molecule has 3 heterocycles. The summed E-state index contributed by atoms with van der Waals surface area (Å²) in [7, 11) is 0. The van der Waals surface area contributed by atoms with Crippen LogP contribution in [0, 0.1) is 5.92 Å². The van der Waals surface area contributed by atoms with Crippen molar-refractivity contribution in [2.75, 3.05) is 19.8 Å². The third kappa shape index (κ3) is 4.55. The van der Waals surface area contributed by atoms with Crippen LogP contribution in [0.5, 0.6) is 5.75 Å². The van der Waals surface area contributed by atoms with E-state index in [-0.39, 0.29) is 18.2 Å². The van der Waals surface area contributed by atoms with E-state index in [0.29, 0.717) is 24.0 Å². The minimum absolute atomic E-state index is 0.183. The number of nitrogens with zero attached hydrogens (tertiary/aromatic N) is 4. The number of amides is 1. The largest absolute Gasteiger partial charge is 0.486 e. The number of aromatic nitrogens is 4. The van der Waals surface area contributed by atoms with Crippen molar-refractivity contribution >= 4 is 5.91 Å². The molecule has 2 aromatic heterocycles. The molecule has 0 unspecified atom stereocenters. The normalized spacial score (nSPS) is 14.7. The van der Waals surface area contributed by atoms with E-state index in [1.165, 1.54) is 6.33 Å². The van der Waals surface area contributed by atoms with Gasteiger partial charge in [-0.15, -0.1) is 0 Å². The molecule has 1 amide bonds. The summed E-state index contributed by atoms with van der Waals surface area (Å²) in [6.07, 6.45) is 5.03. The van der Waals surface area contributed by atoms with Gasteiger partial charge in [0, 0.05) is 25.8 Å². The van der Waals surface area contributed by atoms with Gasteiger partial charge in [0.15, 0.2) is 11.5 Å². The molecule has 0 spiro atoms. The summed E-state index contributed by atoms with van der Waals surface area (Å²) in [4.78, 5) is 16.1. The third-order valence-corrected chi connectivity index (χ3v) is 4.58. The van der Waals surface area contributed by atoms with Crippen molar-refractivity contribution in [1.82, 2.24) is 25.2 Å². The van der Waals surface area contributed by atoms with E-state index in [4.69, 9.17) is 14.0 Å². The fraction of sp³-hybridized carbons (Fsp3) is 0.368. The summed E-state index contributed by atoms with van der Waals surface area (Å²) < 4.78 is 17.9. The molecule has 4 rings (SSSR count). The number of carbonyl (C=O) groups is 1. The van der Waals surface area contributed by atoms with Gasteiger partial charge in [0.1, 0.15) is 25.0 Å². The van der Waals surface area contributed by atoms with Crippen molar-refractivity contribution in [3.05, 3.63) is 54.4 Å². The fourth-order valence-electron chi connectivity index (χ4n) is 2.96. The van der Waals surface area contributed by atoms with Gasteiger partial charge in [0.25, 0.3) is 5.91 Å². The van der Waals surface area contributed by atoms with E-state index in [9.17, 15) is 4.79 Å². The Morgan fingerprint density at radius 2 is 2.07 bits per heavy atom. The average Bonchev–Trinajstić information content (AvgIpc) is 3.44. The molecule has 146 valence electrons. The third-order valence-electron chi connectivity index (χ3n) is 4.58. The Morgan fingerprint density at radius 3 is 2.82 bits per heavy atom. The van der Waals surface area contributed by atoms with Crippen LogP contribution in [0.15, 0.2) is 47.5 Å². The minimum atomic E-state index is -0.237. The van der Waals surface area contributed by atoms with Gasteiger partial charge in [-0.1, -0.05) is 5.16 Å². The van der Waals surface area contributed by atoms with Gasteiger partial charge in [-0.05, 0) is 43.0 Å². The monoisotopic (exact) mass is 383 g/mol. The van der Waals surface area contributed by atoms with Gasteiger partial charge in [-0.2, -0.15) is 5.10 Å². The quantitative estimate of drug-likeness (QED) is 0.665. The Balaban J connectivity index is 1.26. The van der Waals surface area contributed by atoms with E-state index in [0.717, 1.165) is 31.7 Å². The first-order chi connectivity index (χ1) is 13.8. The molecule has 1 saturated heterocycles. The molecule has 9 nitrogen and oxygen atoms in total. The maximum atomic E-state index is 12.2. The Labute approximate surface area is 161 Å². The molecule has 9 heteroatoms. The van der Waals surface area contributed by atoms with Crippen molar-refractivity contribution in [2.24, 2.45) is 5.92 Å². The number of carbonyl (C=O) groups excluding carboxylic acids is 1. The molecule has 0 radical (unpaired) electrons. The lowest BCUT2D eigenvalue weighted by Gasteiger charge is -2.21. The summed E-state index contributed by atoms with van der Waals surface area (Å²) in [6.45, 7) is 2.32. The number of nitrogens with one attached hydrogen (secondary N) is 1. The minimum Gasteiger partial charge on any atom is -0.486 e. The Bertz CT molecular complexity index is 885. The van der Waals surface area contributed by atoms with Crippen LogP contribution in [0.3, 0.4) is 0 Å². The topological polar surface area (TPSA) is 104 Å². The molecule has 1 fully saturated rings. The molecule has 28 heavy (non-hydrogen) atoms. The van der Waals surface area contributed by atoms with Crippen LogP contribution in [0.1, 0.15) is 29.1 Å². The first-order valence-corrected chi connectivity index (χ1v) is 9.17. The summed E-state index contributed by atoms with van der Waals surface area (Å²) >= 11 is 0. The van der Waals surface area contributed by atoms with Gasteiger partial charge in [0.05, 0.1) is 5.69 Å². The second-order valence-electron chi connectivity index (χ2n) is 6.57. The van der Waals surface area contributed by atoms with Crippen LogP contribution in [-0.2, 0) is 11.3 Å². The zero-order valence-corrected chi connectivity index (χ0v) is 15.3. The molecule has 0 aliphatic carbocycles. The van der Waals surface area contributed by atoms with Crippen LogP contribution in [0.25, 0.3) is 5.69 Å². The number of rotatable bonds is 7. The smallest absolute Gasteiger partial charge is 0.273 e. The first kappa shape index (κ1) is 18.2. The highest BCUT2D eigenvalue weighted by Crippen LogP contribution is 2.17. The maximum Gasteiger partial charge on any atom is 0.273 e. The zero-order chi connectivity index (χ0) is 19.2. The van der Waals surface area contributed by atoms with Crippen LogP contribution < -0.4 is 10.1 Å². The number of hydrogen-bond donors (Lipinski definition) is 1. The van der Waals surface area contributed by atoms with Crippen LogP contribution in [-0.4, -0.2) is 45.6 Å². The first-order valence-electron chi connectivity index (χ1n) is 9.17.